The summed E-state index contributed by atoms with van der Waals surface area (Å²) in [5.41, 5.74) is 0.534. The average Bonchev–Trinajstić information content (AvgIpc) is 3.36. The topological polar surface area (TPSA) is 98.2 Å². The van der Waals surface area contributed by atoms with Gasteiger partial charge in [-0.1, -0.05) is 36.7 Å². The summed E-state index contributed by atoms with van der Waals surface area (Å²) in [5, 5.41) is 19.5. The molecule has 33 heavy (non-hydrogen) atoms. The number of carbonyl (C=O) groups is 3. The lowest BCUT2D eigenvalue weighted by atomic mass is 9.66. The van der Waals surface area contributed by atoms with Gasteiger partial charge >= 0.3 is 5.97 Å². The molecule has 3 unspecified atom stereocenters. The fourth-order valence-corrected chi connectivity index (χ4v) is 8.62. The number of fused-ring (bicyclic) bond motifs is 1. The predicted molar refractivity (Wildman–Crippen MR) is 128 cm³/mol. The lowest BCUT2D eigenvalue weighted by molar-refractivity contribution is -0.149. The number of unbranched alkanes of at least 4 members (excludes halogenated alkanes) is 1. The largest absolute Gasteiger partial charge is 0.481 e. The summed E-state index contributed by atoms with van der Waals surface area (Å²) in [6, 6.07) is 6.24. The number of anilines is 1. The predicted octanol–water partition coefficient (Wildman–Crippen LogP) is 3.05. The van der Waals surface area contributed by atoms with Crippen LogP contribution in [0.4, 0.5) is 5.69 Å². The van der Waals surface area contributed by atoms with Gasteiger partial charge in [0, 0.05) is 24.9 Å². The SMILES string of the molecule is C=CCN(C(=O)C1N(CCCCO)C(=O)[C@@H]2[C@@H](C(=O)O)[C@H]3CC(C)C12S3)c1ccccc1Cl. The third kappa shape index (κ3) is 3.67. The normalized spacial score (nSPS) is 32.2. The van der Waals surface area contributed by atoms with Gasteiger partial charge in [-0.25, -0.2) is 0 Å². The van der Waals surface area contributed by atoms with Crippen LogP contribution in [0.5, 0.6) is 0 Å². The molecule has 2 amide bonds. The second kappa shape index (κ2) is 9.31. The summed E-state index contributed by atoms with van der Waals surface area (Å²) >= 11 is 7.95. The third-order valence-electron chi connectivity index (χ3n) is 7.29. The Morgan fingerprint density at radius 3 is 2.73 bits per heavy atom. The highest BCUT2D eigenvalue weighted by molar-refractivity contribution is 8.02. The molecule has 3 heterocycles. The van der Waals surface area contributed by atoms with Crippen LogP contribution in [0.2, 0.25) is 5.02 Å². The highest BCUT2D eigenvalue weighted by Crippen LogP contribution is 2.68. The molecule has 2 bridgehead atoms. The van der Waals surface area contributed by atoms with Crippen molar-refractivity contribution in [2.75, 3.05) is 24.6 Å². The molecule has 0 aliphatic carbocycles. The number of thioether (sulfide) groups is 1. The van der Waals surface area contributed by atoms with Gasteiger partial charge < -0.3 is 20.0 Å². The summed E-state index contributed by atoms with van der Waals surface area (Å²) in [7, 11) is 0. The van der Waals surface area contributed by atoms with Crippen LogP contribution in [-0.2, 0) is 14.4 Å². The van der Waals surface area contributed by atoms with Gasteiger partial charge in [-0.15, -0.1) is 18.3 Å². The molecule has 4 rings (SSSR count). The lowest BCUT2D eigenvalue weighted by Crippen LogP contribution is -2.57. The maximum Gasteiger partial charge on any atom is 0.308 e. The molecular weight excluding hydrogens is 464 g/mol. The van der Waals surface area contributed by atoms with Crippen LogP contribution in [0.15, 0.2) is 36.9 Å². The fourth-order valence-electron chi connectivity index (χ4n) is 5.97. The highest BCUT2D eigenvalue weighted by Gasteiger charge is 2.76. The van der Waals surface area contributed by atoms with Crippen molar-refractivity contribution in [1.29, 1.82) is 0 Å². The number of aliphatic carboxylic acids is 1. The van der Waals surface area contributed by atoms with Gasteiger partial charge in [-0.2, -0.15) is 0 Å². The molecule has 2 N–H and O–H groups in total. The van der Waals surface area contributed by atoms with E-state index in [0.29, 0.717) is 36.5 Å². The maximum atomic E-state index is 14.2. The molecule has 3 aliphatic rings. The van der Waals surface area contributed by atoms with Crippen molar-refractivity contribution in [3.8, 4) is 0 Å². The Hall–Kier alpha value is -2.03. The second-order valence-corrected chi connectivity index (χ2v) is 11.0. The van der Waals surface area contributed by atoms with Crippen molar-refractivity contribution in [3.63, 3.8) is 0 Å². The molecule has 1 spiro atoms. The summed E-state index contributed by atoms with van der Waals surface area (Å²) < 4.78 is -0.804. The van der Waals surface area contributed by atoms with Crippen LogP contribution in [-0.4, -0.2) is 68.6 Å². The number of nitrogens with zero attached hydrogens (tertiary/aromatic N) is 2. The van der Waals surface area contributed by atoms with Crippen molar-refractivity contribution in [1.82, 2.24) is 4.90 Å². The number of benzene rings is 1. The molecule has 3 saturated heterocycles. The molecule has 1 aromatic carbocycles. The number of carboxylic acids is 1. The number of hydrogen-bond donors (Lipinski definition) is 2. The van der Waals surface area contributed by atoms with Crippen molar-refractivity contribution in [2.24, 2.45) is 17.8 Å². The smallest absolute Gasteiger partial charge is 0.308 e. The van der Waals surface area contributed by atoms with Crippen molar-refractivity contribution < 1.29 is 24.6 Å². The Morgan fingerprint density at radius 1 is 1.36 bits per heavy atom. The maximum absolute atomic E-state index is 14.2. The van der Waals surface area contributed by atoms with E-state index >= 15 is 0 Å². The molecule has 178 valence electrons. The van der Waals surface area contributed by atoms with E-state index in [4.69, 9.17) is 11.6 Å². The number of amides is 2. The van der Waals surface area contributed by atoms with E-state index < -0.39 is 28.6 Å². The minimum atomic E-state index is -0.975. The molecule has 0 aromatic heterocycles. The van der Waals surface area contributed by atoms with Gasteiger partial charge in [0.1, 0.15) is 6.04 Å². The van der Waals surface area contributed by atoms with Crippen molar-refractivity contribution >= 4 is 46.8 Å². The van der Waals surface area contributed by atoms with Crippen LogP contribution in [0, 0.1) is 17.8 Å². The molecular formula is C24H29ClN2O5S. The number of rotatable bonds is 9. The van der Waals surface area contributed by atoms with E-state index in [9.17, 15) is 24.6 Å². The molecule has 0 saturated carbocycles. The van der Waals surface area contributed by atoms with Crippen LogP contribution in [0.25, 0.3) is 0 Å². The van der Waals surface area contributed by atoms with Gasteiger partial charge in [0.25, 0.3) is 5.91 Å². The lowest BCUT2D eigenvalue weighted by Gasteiger charge is -2.40. The number of halogens is 1. The van der Waals surface area contributed by atoms with Crippen LogP contribution < -0.4 is 4.90 Å². The van der Waals surface area contributed by atoms with E-state index in [2.05, 4.69) is 6.58 Å². The zero-order valence-corrected chi connectivity index (χ0v) is 20.1. The van der Waals surface area contributed by atoms with E-state index in [-0.39, 0.29) is 36.1 Å². The Morgan fingerprint density at radius 2 is 2.09 bits per heavy atom. The number of likely N-dealkylation sites (tertiary alicyclic amines) is 1. The standard InChI is InChI=1S/C24H29ClN2O5S/c1-3-10-26(16-9-5-4-8-15(16)25)22(30)20-24-14(2)13-17(33-24)18(23(31)32)19(24)21(29)27(20)11-6-7-12-28/h3-5,8-9,14,17-20,28H,1,6-7,10-13H2,2H3,(H,31,32)/t14?,17-,18+,19+,20?,24?/m1/s1. The number of aliphatic hydroxyl groups excluding tert-OH is 1. The van der Waals surface area contributed by atoms with Crippen LogP contribution in [0.1, 0.15) is 26.2 Å². The van der Waals surface area contributed by atoms with E-state index in [1.54, 1.807) is 40.1 Å². The molecule has 3 fully saturated rings. The summed E-state index contributed by atoms with van der Waals surface area (Å²) in [6.45, 7) is 6.31. The molecule has 9 heteroatoms. The van der Waals surface area contributed by atoms with E-state index in [1.807, 2.05) is 6.92 Å². The number of carboxylic acid groups (broad SMARTS) is 1. The quantitative estimate of drug-likeness (QED) is 0.406. The zero-order chi connectivity index (χ0) is 23.9. The van der Waals surface area contributed by atoms with Gasteiger partial charge in [0.05, 0.1) is 27.3 Å². The summed E-state index contributed by atoms with van der Waals surface area (Å²) in [6.07, 6.45) is 3.30. The van der Waals surface area contributed by atoms with Gasteiger partial charge in [0.2, 0.25) is 5.91 Å². The van der Waals surface area contributed by atoms with Gasteiger partial charge in [0.15, 0.2) is 0 Å². The third-order valence-corrected chi connectivity index (χ3v) is 9.69. The Labute approximate surface area is 202 Å². The highest BCUT2D eigenvalue weighted by atomic mass is 35.5. The molecule has 7 nitrogen and oxygen atoms in total. The first kappa shape index (κ1) is 24.1. The van der Waals surface area contributed by atoms with E-state index in [1.165, 1.54) is 11.8 Å². The Kier molecular flexibility index (Phi) is 6.80. The Bertz CT molecular complexity index is 974. The second-order valence-electron chi connectivity index (χ2n) is 9.04. The minimum absolute atomic E-state index is 0.00525. The average molecular weight is 493 g/mol. The van der Waals surface area contributed by atoms with Crippen LogP contribution in [0.3, 0.4) is 0 Å². The summed E-state index contributed by atoms with van der Waals surface area (Å²) in [5.74, 6) is -3.05. The fraction of sp³-hybridized carbons (Fsp3) is 0.542. The van der Waals surface area contributed by atoms with Gasteiger partial charge in [-0.05, 0) is 37.3 Å². The van der Waals surface area contributed by atoms with Crippen LogP contribution >= 0.6 is 23.4 Å². The number of hydrogen-bond acceptors (Lipinski definition) is 5. The first-order chi connectivity index (χ1) is 15.8. The van der Waals surface area contributed by atoms with Gasteiger partial charge in [-0.3, -0.25) is 14.4 Å². The van der Waals surface area contributed by atoms with E-state index in [0.717, 1.165) is 0 Å². The molecule has 1 aromatic rings. The molecule has 3 aliphatic heterocycles. The number of para-hydroxylation sites is 1. The van der Waals surface area contributed by atoms with Crippen molar-refractivity contribution in [2.45, 2.75) is 42.2 Å². The Balaban J connectivity index is 1.81. The monoisotopic (exact) mass is 492 g/mol. The summed E-state index contributed by atoms with van der Waals surface area (Å²) in [4.78, 5) is 43.3. The first-order valence-electron chi connectivity index (χ1n) is 11.3. The zero-order valence-electron chi connectivity index (χ0n) is 18.5. The minimum Gasteiger partial charge on any atom is -0.481 e. The van der Waals surface area contributed by atoms with Crippen molar-refractivity contribution in [3.05, 3.63) is 41.9 Å². The molecule has 6 atom stereocenters. The number of carbonyl (C=O) groups excluding carboxylic acids is 2. The number of aliphatic hydroxyl groups is 1. The first-order valence-corrected chi connectivity index (χ1v) is 12.5. The molecule has 0 radical (unpaired) electrons.